The van der Waals surface area contributed by atoms with Gasteiger partial charge in [-0.1, -0.05) is 18.5 Å². The molecule has 1 unspecified atom stereocenters. The van der Waals surface area contributed by atoms with Crippen molar-refractivity contribution in [3.63, 3.8) is 0 Å². The van der Waals surface area contributed by atoms with E-state index < -0.39 is 0 Å². The van der Waals surface area contributed by atoms with Crippen LogP contribution in [0.25, 0.3) is 0 Å². The molecule has 0 aromatic carbocycles. The van der Waals surface area contributed by atoms with Crippen molar-refractivity contribution >= 4 is 29.2 Å². The largest absolute Gasteiger partial charge is 0.367 e. The molecule has 0 saturated carbocycles. The summed E-state index contributed by atoms with van der Waals surface area (Å²) in [6, 6.07) is 4.24. The van der Waals surface area contributed by atoms with E-state index in [1.165, 1.54) is 0 Å². The molecular weight excluding hydrogens is 216 g/mol. The summed E-state index contributed by atoms with van der Waals surface area (Å²) in [6.45, 7) is 2.17. The number of hydrogen-bond donors (Lipinski definition) is 1. The van der Waals surface area contributed by atoms with Crippen LogP contribution >= 0.6 is 23.4 Å². The second-order valence-electron chi connectivity index (χ2n) is 3.07. The Morgan fingerprint density at radius 2 is 2.36 bits per heavy atom. The Bertz CT molecular complexity index is 263. The van der Waals surface area contributed by atoms with Crippen LogP contribution in [0.2, 0.25) is 5.02 Å². The van der Waals surface area contributed by atoms with Crippen LogP contribution in [0.4, 0.5) is 5.82 Å². The fraction of sp³-hybridized carbons (Fsp3) is 0.500. The first-order valence-corrected chi connectivity index (χ1v) is 6.40. The third-order valence-electron chi connectivity index (χ3n) is 1.94. The average Bonchev–Trinajstić information content (AvgIpc) is 2.20. The molecule has 1 N–H and O–H groups in total. The van der Waals surface area contributed by atoms with Crippen LogP contribution in [0.15, 0.2) is 18.3 Å². The van der Waals surface area contributed by atoms with Gasteiger partial charge in [-0.2, -0.15) is 11.8 Å². The van der Waals surface area contributed by atoms with E-state index in [1.807, 2.05) is 23.9 Å². The highest BCUT2D eigenvalue weighted by Gasteiger charge is 2.05. The van der Waals surface area contributed by atoms with E-state index in [4.69, 9.17) is 11.6 Å². The predicted molar refractivity (Wildman–Crippen MR) is 65.3 cm³/mol. The molecule has 1 aromatic rings. The minimum Gasteiger partial charge on any atom is -0.367 e. The Hall–Kier alpha value is -0.410. The third-order valence-corrected chi connectivity index (χ3v) is 2.90. The van der Waals surface area contributed by atoms with Crippen LogP contribution < -0.4 is 5.32 Å². The van der Waals surface area contributed by atoms with Crippen LogP contribution in [-0.4, -0.2) is 23.0 Å². The highest BCUT2D eigenvalue weighted by molar-refractivity contribution is 7.98. The zero-order valence-corrected chi connectivity index (χ0v) is 10.0. The molecule has 78 valence electrons. The van der Waals surface area contributed by atoms with Crippen LogP contribution in [-0.2, 0) is 0 Å². The number of nitrogens with one attached hydrogen (secondary N) is 1. The lowest BCUT2D eigenvalue weighted by Crippen LogP contribution is -2.21. The van der Waals surface area contributed by atoms with Crippen molar-refractivity contribution in [2.45, 2.75) is 19.4 Å². The van der Waals surface area contributed by atoms with E-state index in [1.54, 1.807) is 6.20 Å². The lowest BCUT2D eigenvalue weighted by atomic mass is 10.2. The number of aromatic nitrogens is 1. The van der Waals surface area contributed by atoms with Gasteiger partial charge < -0.3 is 5.32 Å². The van der Waals surface area contributed by atoms with Gasteiger partial charge in [0.1, 0.15) is 5.82 Å². The smallest absolute Gasteiger partial charge is 0.126 e. The quantitative estimate of drug-likeness (QED) is 0.841. The zero-order valence-electron chi connectivity index (χ0n) is 8.46. The molecule has 0 aliphatic heterocycles. The van der Waals surface area contributed by atoms with Crippen molar-refractivity contribution < 1.29 is 0 Å². The fourth-order valence-electron chi connectivity index (χ4n) is 1.13. The molecule has 0 radical (unpaired) electrons. The highest BCUT2D eigenvalue weighted by atomic mass is 35.5. The molecule has 0 spiro atoms. The molecule has 1 rings (SSSR count). The average molecular weight is 231 g/mol. The number of halogens is 1. The summed E-state index contributed by atoms with van der Waals surface area (Å²) >= 11 is 7.59. The number of pyridine rings is 1. The van der Waals surface area contributed by atoms with Crippen LogP contribution in [0.1, 0.15) is 13.3 Å². The summed E-state index contributed by atoms with van der Waals surface area (Å²) < 4.78 is 0. The van der Waals surface area contributed by atoms with Gasteiger partial charge in [-0.3, -0.25) is 0 Å². The first kappa shape index (κ1) is 11.7. The summed E-state index contributed by atoms with van der Waals surface area (Å²) in [4.78, 5) is 4.20. The molecule has 1 atom stereocenters. The maximum Gasteiger partial charge on any atom is 0.126 e. The SMILES string of the molecule is CCC(CSC)Nc1ccc(Cl)cn1. The summed E-state index contributed by atoms with van der Waals surface area (Å²) in [7, 11) is 0. The van der Waals surface area contributed by atoms with Crippen LogP contribution in [0.3, 0.4) is 0 Å². The first-order chi connectivity index (χ1) is 6.76. The van der Waals surface area contributed by atoms with Crippen molar-refractivity contribution in [2.24, 2.45) is 0 Å². The van der Waals surface area contributed by atoms with Gasteiger partial charge in [0.05, 0.1) is 5.02 Å². The zero-order chi connectivity index (χ0) is 10.4. The summed E-state index contributed by atoms with van der Waals surface area (Å²) in [5.41, 5.74) is 0. The minimum absolute atomic E-state index is 0.485. The van der Waals surface area contributed by atoms with E-state index >= 15 is 0 Å². The topological polar surface area (TPSA) is 24.9 Å². The van der Waals surface area contributed by atoms with E-state index in [0.717, 1.165) is 18.0 Å². The molecule has 0 saturated heterocycles. The van der Waals surface area contributed by atoms with Crippen molar-refractivity contribution in [2.75, 3.05) is 17.3 Å². The van der Waals surface area contributed by atoms with Crippen molar-refractivity contribution in [3.05, 3.63) is 23.4 Å². The second kappa shape index (κ2) is 6.14. The van der Waals surface area contributed by atoms with Crippen molar-refractivity contribution in [3.8, 4) is 0 Å². The van der Waals surface area contributed by atoms with Crippen LogP contribution in [0, 0.1) is 0 Å². The molecule has 0 amide bonds. The van der Waals surface area contributed by atoms with Gasteiger partial charge >= 0.3 is 0 Å². The number of rotatable bonds is 5. The van der Waals surface area contributed by atoms with Crippen molar-refractivity contribution in [1.82, 2.24) is 4.98 Å². The number of nitrogens with zero attached hydrogens (tertiary/aromatic N) is 1. The molecule has 1 aromatic heterocycles. The Labute approximate surface area is 94.5 Å². The van der Waals surface area contributed by atoms with Gasteiger partial charge in [0.2, 0.25) is 0 Å². The van der Waals surface area contributed by atoms with E-state index in [0.29, 0.717) is 11.1 Å². The van der Waals surface area contributed by atoms with Gasteiger partial charge in [-0.25, -0.2) is 4.98 Å². The van der Waals surface area contributed by atoms with Crippen molar-refractivity contribution in [1.29, 1.82) is 0 Å². The van der Waals surface area contributed by atoms with E-state index in [-0.39, 0.29) is 0 Å². The summed E-state index contributed by atoms with van der Waals surface area (Å²) in [6.07, 6.45) is 4.88. The molecule has 0 aliphatic rings. The fourth-order valence-corrected chi connectivity index (χ4v) is 1.97. The molecule has 1 heterocycles. The van der Waals surface area contributed by atoms with Gasteiger partial charge in [-0.05, 0) is 24.8 Å². The number of hydrogen-bond acceptors (Lipinski definition) is 3. The maximum absolute atomic E-state index is 5.75. The van der Waals surface area contributed by atoms with Gasteiger partial charge in [0.25, 0.3) is 0 Å². The monoisotopic (exact) mass is 230 g/mol. The lowest BCUT2D eigenvalue weighted by molar-refractivity contribution is 0.770. The first-order valence-electron chi connectivity index (χ1n) is 4.63. The Morgan fingerprint density at radius 3 is 2.86 bits per heavy atom. The summed E-state index contributed by atoms with van der Waals surface area (Å²) in [5, 5.41) is 4.04. The third kappa shape index (κ3) is 3.76. The van der Waals surface area contributed by atoms with Crippen LogP contribution in [0.5, 0.6) is 0 Å². The summed E-state index contributed by atoms with van der Waals surface area (Å²) in [5.74, 6) is 2.00. The highest BCUT2D eigenvalue weighted by Crippen LogP contribution is 2.12. The standard InChI is InChI=1S/C10H15ClN2S/c1-3-9(7-14-2)13-10-5-4-8(11)6-12-10/h4-6,9H,3,7H2,1-2H3,(H,12,13). The normalized spacial score (nSPS) is 12.5. The Balaban J connectivity index is 2.53. The predicted octanol–water partition coefficient (Wildman–Crippen LogP) is 3.29. The number of anilines is 1. The lowest BCUT2D eigenvalue weighted by Gasteiger charge is -2.15. The van der Waals surface area contributed by atoms with Gasteiger partial charge in [-0.15, -0.1) is 0 Å². The maximum atomic E-state index is 5.75. The molecule has 2 nitrogen and oxygen atoms in total. The molecular formula is C10H15ClN2S. The Kier molecular flexibility index (Phi) is 5.12. The van der Waals surface area contributed by atoms with E-state index in [9.17, 15) is 0 Å². The molecule has 0 aliphatic carbocycles. The molecule has 4 heteroatoms. The van der Waals surface area contributed by atoms with Gasteiger partial charge in [0, 0.05) is 18.0 Å². The molecule has 0 fully saturated rings. The number of thioether (sulfide) groups is 1. The molecule has 14 heavy (non-hydrogen) atoms. The Morgan fingerprint density at radius 1 is 1.57 bits per heavy atom. The van der Waals surface area contributed by atoms with Gasteiger partial charge in [0.15, 0.2) is 0 Å². The van der Waals surface area contributed by atoms with E-state index in [2.05, 4.69) is 23.5 Å². The molecule has 0 bridgehead atoms. The minimum atomic E-state index is 0.485. The second-order valence-corrected chi connectivity index (χ2v) is 4.41.